The quantitative estimate of drug-likeness (QED) is 0.840. The van der Waals surface area contributed by atoms with Gasteiger partial charge in [-0.2, -0.15) is 11.8 Å². The maximum absolute atomic E-state index is 12.4. The molecule has 1 unspecified atom stereocenters. The van der Waals surface area contributed by atoms with Crippen LogP contribution in [0.15, 0.2) is 0 Å². The van der Waals surface area contributed by atoms with Crippen LogP contribution in [0.1, 0.15) is 38.5 Å². The second-order valence-corrected chi connectivity index (χ2v) is 8.20. The lowest BCUT2D eigenvalue weighted by Gasteiger charge is -2.34. The topological polar surface area (TPSA) is 52.7 Å². The molecule has 3 heterocycles. The maximum atomic E-state index is 12.4. The van der Waals surface area contributed by atoms with E-state index in [0.29, 0.717) is 30.7 Å². The molecular formula is C17H29N3O2S. The number of thioether (sulfide) groups is 1. The second kappa shape index (κ2) is 8.38. The van der Waals surface area contributed by atoms with Gasteiger partial charge in [0.25, 0.3) is 0 Å². The predicted molar refractivity (Wildman–Crippen MR) is 93.5 cm³/mol. The van der Waals surface area contributed by atoms with Crippen LogP contribution in [0, 0.1) is 5.92 Å². The number of piperidine rings is 1. The predicted octanol–water partition coefficient (Wildman–Crippen LogP) is 1.33. The Morgan fingerprint density at radius 3 is 2.26 bits per heavy atom. The largest absolute Gasteiger partial charge is 0.343 e. The van der Waals surface area contributed by atoms with Gasteiger partial charge in [-0.25, -0.2) is 0 Å². The monoisotopic (exact) mass is 339 g/mol. The lowest BCUT2D eigenvalue weighted by atomic mass is 9.92. The number of rotatable bonds is 4. The number of nitrogens with one attached hydrogen (secondary N) is 1. The van der Waals surface area contributed by atoms with Gasteiger partial charge in [0.1, 0.15) is 0 Å². The number of hydrogen-bond acceptors (Lipinski definition) is 4. The molecule has 0 bridgehead atoms. The molecule has 0 aromatic heterocycles. The number of hydrogen-bond donors (Lipinski definition) is 1. The van der Waals surface area contributed by atoms with Gasteiger partial charge in [-0.05, 0) is 31.6 Å². The number of nitrogens with zero attached hydrogens (tertiary/aromatic N) is 2. The standard InChI is InChI=1S/C17H29N3O2S/c21-16(19-6-1-2-7-19)11-14-3-8-20(9-4-14)17(22)12-15-13-23-10-5-18-15/h14-15,18H,1-13H2. The van der Waals surface area contributed by atoms with Crippen LogP contribution in [0.5, 0.6) is 0 Å². The minimum absolute atomic E-state index is 0.286. The van der Waals surface area contributed by atoms with Crippen LogP contribution in [0.25, 0.3) is 0 Å². The third-order valence-corrected chi connectivity index (χ3v) is 6.44. The normalized spacial score (nSPS) is 26.5. The molecule has 0 aromatic carbocycles. The Morgan fingerprint density at radius 2 is 1.61 bits per heavy atom. The summed E-state index contributed by atoms with van der Waals surface area (Å²) < 4.78 is 0. The lowest BCUT2D eigenvalue weighted by molar-refractivity contribution is -0.134. The fourth-order valence-corrected chi connectivity index (χ4v) is 4.77. The van der Waals surface area contributed by atoms with Gasteiger partial charge in [0, 0.05) is 63.1 Å². The van der Waals surface area contributed by atoms with E-state index in [4.69, 9.17) is 0 Å². The summed E-state index contributed by atoms with van der Waals surface area (Å²) in [6.07, 6.45) is 5.60. The van der Waals surface area contributed by atoms with Crippen LogP contribution in [0.3, 0.4) is 0 Å². The molecule has 0 aliphatic carbocycles. The Hall–Kier alpha value is -0.750. The molecule has 5 nitrogen and oxygen atoms in total. The van der Waals surface area contributed by atoms with Crippen molar-refractivity contribution in [2.24, 2.45) is 5.92 Å². The number of carbonyl (C=O) groups is 2. The Morgan fingerprint density at radius 1 is 0.957 bits per heavy atom. The molecule has 1 atom stereocenters. The first-order chi connectivity index (χ1) is 11.2. The van der Waals surface area contributed by atoms with E-state index in [9.17, 15) is 9.59 Å². The molecule has 130 valence electrons. The van der Waals surface area contributed by atoms with Gasteiger partial charge >= 0.3 is 0 Å². The van der Waals surface area contributed by atoms with Crippen LogP contribution in [-0.4, -0.2) is 71.9 Å². The van der Waals surface area contributed by atoms with Gasteiger partial charge in [0.15, 0.2) is 0 Å². The summed E-state index contributed by atoms with van der Waals surface area (Å²) >= 11 is 1.94. The zero-order chi connectivity index (χ0) is 16.1. The third kappa shape index (κ3) is 4.86. The molecule has 3 aliphatic heterocycles. The van der Waals surface area contributed by atoms with Gasteiger partial charge in [0.05, 0.1) is 0 Å². The summed E-state index contributed by atoms with van der Waals surface area (Å²) in [7, 11) is 0. The van der Waals surface area contributed by atoms with E-state index in [2.05, 4.69) is 5.32 Å². The zero-order valence-corrected chi connectivity index (χ0v) is 14.8. The Balaban J connectivity index is 1.37. The van der Waals surface area contributed by atoms with Gasteiger partial charge in [-0.3, -0.25) is 9.59 Å². The van der Waals surface area contributed by atoms with Crippen molar-refractivity contribution in [2.45, 2.75) is 44.6 Å². The lowest BCUT2D eigenvalue weighted by Crippen LogP contribution is -2.45. The SMILES string of the molecule is O=C(CC1CCN(C(=O)CC2CSCCN2)CC1)N1CCCC1. The summed E-state index contributed by atoms with van der Waals surface area (Å²) in [5, 5.41) is 3.44. The summed E-state index contributed by atoms with van der Waals surface area (Å²) in [5.74, 6) is 3.29. The van der Waals surface area contributed by atoms with Crippen LogP contribution in [-0.2, 0) is 9.59 Å². The van der Waals surface area contributed by atoms with E-state index >= 15 is 0 Å². The number of carbonyl (C=O) groups excluding carboxylic acids is 2. The second-order valence-electron chi connectivity index (χ2n) is 7.05. The molecule has 3 saturated heterocycles. The van der Waals surface area contributed by atoms with Crippen molar-refractivity contribution in [3.63, 3.8) is 0 Å². The van der Waals surface area contributed by atoms with Gasteiger partial charge in [0.2, 0.25) is 11.8 Å². The van der Waals surface area contributed by atoms with Crippen LogP contribution < -0.4 is 5.32 Å². The molecule has 0 spiro atoms. The average molecular weight is 340 g/mol. The summed E-state index contributed by atoms with van der Waals surface area (Å²) in [6.45, 7) is 4.57. The van der Waals surface area contributed by atoms with E-state index in [-0.39, 0.29) is 5.91 Å². The van der Waals surface area contributed by atoms with Crippen LogP contribution in [0.2, 0.25) is 0 Å². The minimum atomic E-state index is 0.286. The highest BCUT2D eigenvalue weighted by atomic mass is 32.2. The van der Waals surface area contributed by atoms with Crippen LogP contribution >= 0.6 is 11.8 Å². The first-order valence-corrected chi connectivity index (χ1v) is 10.2. The Bertz CT molecular complexity index is 412. The van der Waals surface area contributed by atoms with Crippen molar-refractivity contribution in [1.82, 2.24) is 15.1 Å². The summed E-state index contributed by atoms with van der Waals surface area (Å²) in [6, 6.07) is 0.343. The number of likely N-dealkylation sites (tertiary alicyclic amines) is 2. The van der Waals surface area contributed by atoms with Gasteiger partial charge in [-0.15, -0.1) is 0 Å². The minimum Gasteiger partial charge on any atom is -0.343 e. The van der Waals surface area contributed by atoms with Crippen molar-refractivity contribution in [3.05, 3.63) is 0 Å². The first-order valence-electron chi connectivity index (χ1n) is 9.09. The van der Waals surface area contributed by atoms with Crippen molar-refractivity contribution in [2.75, 3.05) is 44.2 Å². The molecule has 3 fully saturated rings. The fourth-order valence-electron chi connectivity index (χ4n) is 3.82. The van der Waals surface area contributed by atoms with Crippen LogP contribution in [0.4, 0.5) is 0 Å². The highest BCUT2D eigenvalue weighted by Crippen LogP contribution is 2.23. The molecule has 2 amide bonds. The van der Waals surface area contributed by atoms with Gasteiger partial charge < -0.3 is 15.1 Å². The highest BCUT2D eigenvalue weighted by Gasteiger charge is 2.28. The van der Waals surface area contributed by atoms with Gasteiger partial charge in [-0.1, -0.05) is 0 Å². The Kier molecular flexibility index (Phi) is 6.22. The molecule has 0 radical (unpaired) electrons. The highest BCUT2D eigenvalue weighted by molar-refractivity contribution is 7.99. The molecule has 1 N–H and O–H groups in total. The van der Waals surface area contributed by atoms with E-state index < -0.39 is 0 Å². The smallest absolute Gasteiger partial charge is 0.224 e. The van der Waals surface area contributed by atoms with E-state index in [0.717, 1.165) is 69.9 Å². The fraction of sp³-hybridized carbons (Fsp3) is 0.882. The van der Waals surface area contributed by atoms with Crippen molar-refractivity contribution < 1.29 is 9.59 Å². The number of amides is 2. The third-order valence-electron chi connectivity index (χ3n) is 5.31. The van der Waals surface area contributed by atoms with Crippen molar-refractivity contribution in [1.29, 1.82) is 0 Å². The van der Waals surface area contributed by atoms with E-state index in [1.54, 1.807) is 0 Å². The van der Waals surface area contributed by atoms with Crippen molar-refractivity contribution >= 4 is 23.6 Å². The average Bonchev–Trinajstić information content (AvgIpc) is 3.11. The molecule has 6 heteroatoms. The van der Waals surface area contributed by atoms with E-state index in [1.165, 1.54) is 0 Å². The molecular weight excluding hydrogens is 310 g/mol. The molecule has 0 saturated carbocycles. The summed E-state index contributed by atoms with van der Waals surface area (Å²) in [4.78, 5) is 28.7. The van der Waals surface area contributed by atoms with E-state index in [1.807, 2.05) is 21.6 Å². The van der Waals surface area contributed by atoms with Crippen molar-refractivity contribution in [3.8, 4) is 0 Å². The Labute approximate surface area is 143 Å². The molecule has 3 rings (SSSR count). The maximum Gasteiger partial charge on any atom is 0.224 e. The zero-order valence-electron chi connectivity index (χ0n) is 14.0. The molecule has 3 aliphatic rings. The first kappa shape index (κ1) is 17.1. The molecule has 0 aromatic rings. The summed E-state index contributed by atoms with van der Waals surface area (Å²) in [5.41, 5.74) is 0. The molecule has 23 heavy (non-hydrogen) atoms.